The Hall–Kier alpha value is -1.09. The molecule has 1 aromatic rings. The fourth-order valence-corrected chi connectivity index (χ4v) is 2.82. The van der Waals surface area contributed by atoms with Crippen LogP contribution in [0.25, 0.3) is 0 Å². The van der Waals surface area contributed by atoms with Crippen molar-refractivity contribution in [2.24, 2.45) is 16.7 Å². The second kappa shape index (κ2) is 3.95. The van der Waals surface area contributed by atoms with Gasteiger partial charge in [-0.2, -0.15) is 0 Å². The molecular formula is C14H17ClFNO. The van der Waals surface area contributed by atoms with Crippen LogP contribution < -0.4 is 5.32 Å². The van der Waals surface area contributed by atoms with Crippen molar-refractivity contribution in [3.05, 3.63) is 29.0 Å². The lowest BCUT2D eigenvalue weighted by Gasteiger charge is -2.07. The van der Waals surface area contributed by atoms with E-state index in [0.29, 0.717) is 5.69 Å². The Balaban J connectivity index is 2.12. The molecule has 1 aliphatic carbocycles. The summed E-state index contributed by atoms with van der Waals surface area (Å²) >= 11 is 5.68. The van der Waals surface area contributed by atoms with E-state index in [9.17, 15) is 9.18 Å². The Morgan fingerprint density at radius 3 is 2.28 bits per heavy atom. The maximum atomic E-state index is 13.0. The number of carbonyl (C=O) groups is 1. The summed E-state index contributed by atoms with van der Waals surface area (Å²) in [4.78, 5) is 12.2. The standard InChI is InChI=1S/C14H17ClFNO/c1-13(2)11(14(13,3)4)12(18)17-8-5-6-10(16)9(15)7-8/h5-7,11H,1-4H3,(H,17,18). The van der Waals surface area contributed by atoms with Gasteiger partial charge in [-0.05, 0) is 29.0 Å². The molecule has 1 fully saturated rings. The van der Waals surface area contributed by atoms with Crippen molar-refractivity contribution < 1.29 is 9.18 Å². The number of carbonyl (C=O) groups excluding carboxylic acids is 1. The molecule has 1 amide bonds. The maximum Gasteiger partial charge on any atom is 0.228 e. The molecule has 1 N–H and O–H groups in total. The molecule has 0 aliphatic heterocycles. The predicted octanol–water partition coefficient (Wildman–Crippen LogP) is 4.10. The third-order valence-electron chi connectivity index (χ3n) is 4.47. The van der Waals surface area contributed by atoms with E-state index in [1.807, 2.05) is 0 Å². The summed E-state index contributed by atoms with van der Waals surface area (Å²) in [7, 11) is 0. The molecule has 0 unspecified atom stereocenters. The largest absolute Gasteiger partial charge is 0.326 e. The Bertz CT molecular complexity index is 497. The highest BCUT2D eigenvalue weighted by Crippen LogP contribution is 2.68. The SMILES string of the molecule is CC1(C)C(C(=O)Nc2ccc(F)c(Cl)c2)C1(C)C. The average molecular weight is 270 g/mol. The smallest absolute Gasteiger partial charge is 0.228 e. The fourth-order valence-electron chi connectivity index (χ4n) is 2.64. The molecule has 0 bridgehead atoms. The first-order chi connectivity index (χ1) is 8.18. The molecule has 0 saturated heterocycles. The zero-order valence-electron chi connectivity index (χ0n) is 11.0. The van der Waals surface area contributed by atoms with E-state index in [-0.39, 0.29) is 27.7 Å². The van der Waals surface area contributed by atoms with Crippen molar-refractivity contribution in [1.82, 2.24) is 0 Å². The van der Waals surface area contributed by atoms with E-state index in [2.05, 4.69) is 33.0 Å². The molecule has 2 rings (SSSR count). The van der Waals surface area contributed by atoms with Crippen LogP contribution in [0.15, 0.2) is 18.2 Å². The van der Waals surface area contributed by atoms with Crippen molar-refractivity contribution >= 4 is 23.2 Å². The van der Waals surface area contributed by atoms with E-state index in [1.165, 1.54) is 18.2 Å². The number of halogens is 2. The van der Waals surface area contributed by atoms with Crippen molar-refractivity contribution in [1.29, 1.82) is 0 Å². The van der Waals surface area contributed by atoms with Gasteiger partial charge < -0.3 is 5.32 Å². The maximum absolute atomic E-state index is 13.0. The zero-order chi connectivity index (χ0) is 13.7. The fraction of sp³-hybridized carbons (Fsp3) is 0.500. The molecule has 1 aromatic carbocycles. The molecule has 0 aromatic heterocycles. The number of hydrogen-bond donors (Lipinski definition) is 1. The highest BCUT2D eigenvalue weighted by molar-refractivity contribution is 6.31. The molecule has 0 atom stereocenters. The topological polar surface area (TPSA) is 29.1 Å². The van der Waals surface area contributed by atoms with Gasteiger partial charge in [0, 0.05) is 11.6 Å². The summed E-state index contributed by atoms with van der Waals surface area (Å²) in [5.41, 5.74) is 0.506. The van der Waals surface area contributed by atoms with Crippen LogP contribution in [0, 0.1) is 22.6 Å². The summed E-state index contributed by atoms with van der Waals surface area (Å²) < 4.78 is 13.0. The van der Waals surface area contributed by atoms with E-state index < -0.39 is 5.82 Å². The first-order valence-corrected chi connectivity index (χ1v) is 6.31. The van der Waals surface area contributed by atoms with Crippen LogP contribution in [-0.4, -0.2) is 5.91 Å². The molecular weight excluding hydrogens is 253 g/mol. The number of anilines is 1. The molecule has 1 aliphatic rings. The molecule has 2 nitrogen and oxygen atoms in total. The first kappa shape index (κ1) is 13.3. The second-order valence-electron chi connectivity index (χ2n) is 5.99. The van der Waals surface area contributed by atoms with Gasteiger partial charge in [0.25, 0.3) is 0 Å². The summed E-state index contributed by atoms with van der Waals surface area (Å²) in [5.74, 6) is -0.553. The number of nitrogens with one attached hydrogen (secondary N) is 1. The molecule has 1 saturated carbocycles. The lowest BCUT2D eigenvalue weighted by Crippen LogP contribution is -2.17. The van der Waals surface area contributed by atoms with Gasteiger partial charge >= 0.3 is 0 Å². The van der Waals surface area contributed by atoms with Crippen molar-refractivity contribution in [3.8, 4) is 0 Å². The quantitative estimate of drug-likeness (QED) is 0.860. The first-order valence-electron chi connectivity index (χ1n) is 5.94. The highest BCUT2D eigenvalue weighted by Gasteiger charge is 2.68. The Morgan fingerprint density at radius 2 is 1.83 bits per heavy atom. The van der Waals surface area contributed by atoms with Crippen molar-refractivity contribution in [3.63, 3.8) is 0 Å². The molecule has 4 heteroatoms. The third-order valence-corrected chi connectivity index (χ3v) is 4.76. The highest BCUT2D eigenvalue weighted by atomic mass is 35.5. The van der Waals surface area contributed by atoms with E-state index in [4.69, 9.17) is 11.6 Å². The van der Waals surface area contributed by atoms with Crippen molar-refractivity contribution in [2.75, 3.05) is 5.32 Å². The lowest BCUT2D eigenvalue weighted by atomic mass is 10.0. The Kier molecular flexibility index (Phi) is 2.93. The zero-order valence-corrected chi connectivity index (χ0v) is 11.7. The minimum atomic E-state index is -0.484. The van der Waals surface area contributed by atoms with Crippen LogP contribution in [0.4, 0.5) is 10.1 Å². The lowest BCUT2D eigenvalue weighted by molar-refractivity contribution is -0.118. The van der Waals surface area contributed by atoms with Gasteiger partial charge in [-0.1, -0.05) is 39.3 Å². The van der Waals surface area contributed by atoms with Crippen LogP contribution in [0.3, 0.4) is 0 Å². The number of rotatable bonds is 2. The van der Waals surface area contributed by atoms with Crippen LogP contribution in [0.2, 0.25) is 5.02 Å². The average Bonchev–Trinajstić information content (AvgIpc) is 2.63. The number of hydrogen-bond acceptors (Lipinski definition) is 1. The molecule has 0 radical (unpaired) electrons. The normalized spacial score (nSPS) is 20.6. The van der Waals surface area contributed by atoms with Gasteiger partial charge in [0.2, 0.25) is 5.91 Å². The predicted molar refractivity (Wildman–Crippen MR) is 71.1 cm³/mol. The van der Waals surface area contributed by atoms with Gasteiger partial charge in [0.15, 0.2) is 0 Å². The van der Waals surface area contributed by atoms with Crippen LogP contribution in [-0.2, 0) is 4.79 Å². The monoisotopic (exact) mass is 269 g/mol. The van der Waals surface area contributed by atoms with Gasteiger partial charge in [-0.25, -0.2) is 4.39 Å². The Morgan fingerprint density at radius 1 is 1.28 bits per heavy atom. The number of amides is 1. The molecule has 0 spiro atoms. The van der Waals surface area contributed by atoms with Crippen molar-refractivity contribution in [2.45, 2.75) is 27.7 Å². The Labute approximate surface area is 112 Å². The van der Waals surface area contributed by atoms with Crippen LogP contribution in [0.1, 0.15) is 27.7 Å². The van der Waals surface area contributed by atoms with Gasteiger partial charge in [0.05, 0.1) is 5.02 Å². The number of benzene rings is 1. The van der Waals surface area contributed by atoms with Gasteiger partial charge in [-0.15, -0.1) is 0 Å². The summed E-state index contributed by atoms with van der Waals surface area (Å²) in [6.45, 7) is 8.31. The minimum absolute atomic E-state index is 0.0130. The van der Waals surface area contributed by atoms with E-state index >= 15 is 0 Å². The third kappa shape index (κ3) is 1.91. The second-order valence-corrected chi connectivity index (χ2v) is 6.40. The van der Waals surface area contributed by atoms with Gasteiger partial charge in [0.1, 0.15) is 5.82 Å². The van der Waals surface area contributed by atoms with Crippen LogP contribution in [0.5, 0.6) is 0 Å². The summed E-state index contributed by atoms with van der Waals surface area (Å²) in [6, 6.07) is 4.19. The summed E-state index contributed by atoms with van der Waals surface area (Å²) in [6.07, 6.45) is 0. The van der Waals surface area contributed by atoms with Gasteiger partial charge in [-0.3, -0.25) is 4.79 Å². The summed E-state index contributed by atoms with van der Waals surface area (Å²) in [5, 5.41) is 2.81. The van der Waals surface area contributed by atoms with Crippen LogP contribution >= 0.6 is 11.6 Å². The molecule has 98 valence electrons. The minimum Gasteiger partial charge on any atom is -0.326 e. The van der Waals surface area contributed by atoms with E-state index in [0.717, 1.165) is 0 Å². The molecule has 0 heterocycles. The molecule has 18 heavy (non-hydrogen) atoms. The van der Waals surface area contributed by atoms with E-state index in [1.54, 1.807) is 0 Å².